The fourth-order valence-electron chi connectivity index (χ4n) is 1.77. The third-order valence-electron chi connectivity index (χ3n) is 2.85. The van der Waals surface area contributed by atoms with Crippen molar-refractivity contribution in [2.45, 2.75) is 5.75 Å². The summed E-state index contributed by atoms with van der Waals surface area (Å²) in [6, 6.07) is 16.0. The van der Waals surface area contributed by atoms with Crippen LogP contribution in [0.25, 0.3) is 0 Å². The molecule has 0 spiro atoms. The zero-order chi connectivity index (χ0) is 15.1. The highest BCUT2D eigenvalue weighted by molar-refractivity contribution is 7.97. The third kappa shape index (κ3) is 4.36. The van der Waals surface area contributed by atoms with Crippen LogP contribution in [0, 0.1) is 0 Å². The summed E-state index contributed by atoms with van der Waals surface area (Å²) in [6.45, 7) is 0. The molecule has 0 fully saturated rings. The highest BCUT2D eigenvalue weighted by atomic mass is 32.2. The lowest BCUT2D eigenvalue weighted by Gasteiger charge is -2.08. The van der Waals surface area contributed by atoms with Crippen molar-refractivity contribution in [2.24, 2.45) is 0 Å². The Balaban J connectivity index is 1.91. The van der Waals surface area contributed by atoms with Crippen LogP contribution in [0.4, 0.5) is 0 Å². The molecule has 0 aliphatic heterocycles. The summed E-state index contributed by atoms with van der Waals surface area (Å²) in [5, 5.41) is 0. The molecule has 0 heterocycles. The summed E-state index contributed by atoms with van der Waals surface area (Å²) in [4.78, 5) is 23.7. The molecule has 2 amide bonds. The first-order chi connectivity index (χ1) is 10.2. The average molecular weight is 300 g/mol. The number of hydrazine groups is 1. The Kier molecular flexibility index (Phi) is 5.40. The van der Waals surface area contributed by atoms with E-state index in [9.17, 15) is 9.59 Å². The minimum atomic E-state index is -0.344. The van der Waals surface area contributed by atoms with Crippen LogP contribution in [0.1, 0.15) is 26.3 Å². The predicted molar refractivity (Wildman–Crippen MR) is 85.0 cm³/mol. The van der Waals surface area contributed by atoms with Gasteiger partial charge in [0.15, 0.2) is 0 Å². The van der Waals surface area contributed by atoms with Gasteiger partial charge in [-0.25, -0.2) is 0 Å². The number of amides is 2. The van der Waals surface area contributed by atoms with Gasteiger partial charge in [0, 0.05) is 16.9 Å². The van der Waals surface area contributed by atoms with Gasteiger partial charge in [-0.15, -0.1) is 0 Å². The van der Waals surface area contributed by atoms with Gasteiger partial charge in [0.05, 0.1) is 0 Å². The van der Waals surface area contributed by atoms with Gasteiger partial charge >= 0.3 is 0 Å². The van der Waals surface area contributed by atoms with E-state index in [2.05, 4.69) is 10.9 Å². The lowest BCUT2D eigenvalue weighted by Crippen LogP contribution is -2.41. The molecule has 2 N–H and O–H groups in total. The van der Waals surface area contributed by atoms with E-state index in [0.29, 0.717) is 11.1 Å². The molecule has 0 saturated heterocycles. The highest BCUT2D eigenvalue weighted by Gasteiger charge is 2.08. The molecule has 0 aliphatic rings. The van der Waals surface area contributed by atoms with Crippen molar-refractivity contribution < 1.29 is 9.59 Å². The number of rotatable bonds is 4. The second-order valence-electron chi connectivity index (χ2n) is 4.40. The van der Waals surface area contributed by atoms with Gasteiger partial charge in [-0.3, -0.25) is 20.4 Å². The number of hydrogen-bond acceptors (Lipinski definition) is 3. The number of hydrogen-bond donors (Lipinski definition) is 2. The van der Waals surface area contributed by atoms with Crippen LogP contribution in [-0.2, 0) is 5.75 Å². The lowest BCUT2D eigenvalue weighted by molar-refractivity contribution is 0.0846. The summed E-state index contributed by atoms with van der Waals surface area (Å²) in [5.74, 6) is 0.227. The first kappa shape index (κ1) is 15.1. The summed E-state index contributed by atoms with van der Waals surface area (Å²) in [7, 11) is 0. The molecule has 21 heavy (non-hydrogen) atoms. The van der Waals surface area contributed by atoms with Crippen molar-refractivity contribution in [3.8, 4) is 0 Å². The van der Waals surface area contributed by atoms with E-state index in [-0.39, 0.29) is 11.8 Å². The van der Waals surface area contributed by atoms with E-state index in [0.717, 1.165) is 11.3 Å². The predicted octanol–water partition coefficient (Wildman–Crippen LogP) is 2.62. The maximum Gasteiger partial charge on any atom is 0.269 e. The van der Waals surface area contributed by atoms with E-state index in [1.807, 2.05) is 24.5 Å². The van der Waals surface area contributed by atoms with E-state index in [4.69, 9.17) is 0 Å². The molecule has 2 aromatic rings. The number of nitrogens with one attached hydrogen (secondary N) is 2. The molecule has 0 aromatic heterocycles. The topological polar surface area (TPSA) is 58.2 Å². The van der Waals surface area contributed by atoms with E-state index < -0.39 is 0 Å². The Bertz CT molecular complexity index is 612. The standard InChI is InChI=1S/C16H16N2O2S/c1-21-11-12-7-9-14(10-8-12)16(20)18-17-15(19)13-5-3-2-4-6-13/h2-10H,11H2,1H3,(H,17,19)(H,18,20). The first-order valence-electron chi connectivity index (χ1n) is 6.44. The van der Waals surface area contributed by atoms with Crippen LogP contribution < -0.4 is 10.9 Å². The van der Waals surface area contributed by atoms with E-state index >= 15 is 0 Å². The summed E-state index contributed by atoms with van der Waals surface area (Å²) in [5.41, 5.74) is 6.96. The maximum atomic E-state index is 11.9. The van der Waals surface area contributed by atoms with Gasteiger partial charge in [0.25, 0.3) is 11.8 Å². The Morgan fingerprint density at radius 3 is 1.90 bits per heavy atom. The molecular formula is C16H16N2O2S. The van der Waals surface area contributed by atoms with Crippen LogP contribution in [0.2, 0.25) is 0 Å². The van der Waals surface area contributed by atoms with Crippen LogP contribution in [-0.4, -0.2) is 18.1 Å². The maximum absolute atomic E-state index is 11.9. The quantitative estimate of drug-likeness (QED) is 0.853. The van der Waals surface area contributed by atoms with Crippen LogP contribution in [0.15, 0.2) is 54.6 Å². The molecule has 0 radical (unpaired) electrons. The minimum Gasteiger partial charge on any atom is -0.267 e. The summed E-state index contributed by atoms with van der Waals surface area (Å²) >= 11 is 1.72. The van der Waals surface area contributed by atoms with Crippen LogP contribution in [0.5, 0.6) is 0 Å². The van der Waals surface area contributed by atoms with Gasteiger partial charge in [-0.1, -0.05) is 30.3 Å². The van der Waals surface area contributed by atoms with Crippen molar-refractivity contribution >= 4 is 23.6 Å². The fourth-order valence-corrected chi connectivity index (χ4v) is 2.29. The van der Waals surface area contributed by atoms with Gasteiger partial charge in [0.1, 0.15) is 0 Å². The zero-order valence-corrected chi connectivity index (χ0v) is 12.4. The molecule has 108 valence electrons. The van der Waals surface area contributed by atoms with Crippen molar-refractivity contribution in [1.29, 1.82) is 0 Å². The molecule has 0 atom stereocenters. The fraction of sp³-hybridized carbons (Fsp3) is 0.125. The molecule has 0 saturated carbocycles. The van der Waals surface area contributed by atoms with Crippen LogP contribution >= 0.6 is 11.8 Å². The largest absolute Gasteiger partial charge is 0.269 e. The van der Waals surface area contributed by atoms with Crippen molar-refractivity contribution in [1.82, 2.24) is 10.9 Å². The Hall–Kier alpha value is -2.27. The monoisotopic (exact) mass is 300 g/mol. The third-order valence-corrected chi connectivity index (χ3v) is 3.47. The Morgan fingerprint density at radius 1 is 0.857 bits per heavy atom. The van der Waals surface area contributed by atoms with Crippen molar-refractivity contribution in [2.75, 3.05) is 6.26 Å². The molecule has 4 nitrogen and oxygen atoms in total. The number of carbonyl (C=O) groups is 2. The Labute approximate surface area is 127 Å². The lowest BCUT2D eigenvalue weighted by atomic mass is 10.1. The van der Waals surface area contributed by atoms with Gasteiger partial charge in [-0.2, -0.15) is 11.8 Å². The van der Waals surface area contributed by atoms with Crippen LogP contribution in [0.3, 0.4) is 0 Å². The normalized spacial score (nSPS) is 9.95. The molecule has 5 heteroatoms. The molecular weight excluding hydrogens is 284 g/mol. The molecule has 0 aliphatic carbocycles. The highest BCUT2D eigenvalue weighted by Crippen LogP contribution is 2.10. The summed E-state index contributed by atoms with van der Waals surface area (Å²) in [6.07, 6.45) is 2.03. The van der Waals surface area contributed by atoms with E-state index in [1.54, 1.807) is 48.2 Å². The number of carbonyl (C=O) groups excluding carboxylic acids is 2. The SMILES string of the molecule is CSCc1ccc(C(=O)NNC(=O)c2ccccc2)cc1. The summed E-state index contributed by atoms with van der Waals surface area (Å²) < 4.78 is 0. The van der Waals surface area contributed by atoms with Gasteiger partial charge < -0.3 is 0 Å². The van der Waals surface area contributed by atoms with Gasteiger partial charge in [0.2, 0.25) is 0 Å². The molecule has 0 bridgehead atoms. The second-order valence-corrected chi connectivity index (χ2v) is 5.27. The first-order valence-corrected chi connectivity index (χ1v) is 7.83. The van der Waals surface area contributed by atoms with Crippen molar-refractivity contribution in [3.05, 3.63) is 71.3 Å². The molecule has 0 unspecified atom stereocenters. The average Bonchev–Trinajstić information content (AvgIpc) is 2.54. The zero-order valence-electron chi connectivity index (χ0n) is 11.6. The number of thioether (sulfide) groups is 1. The second kappa shape index (κ2) is 7.50. The number of benzene rings is 2. The smallest absolute Gasteiger partial charge is 0.267 e. The molecule has 2 rings (SSSR count). The Morgan fingerprint density at radius 2 is 1.38 bits per heavy atom. The van der Waals surface area contributed by atoms with E-state index in [1.165, 1.54) is 0 Å². The van der Waals surface area contributed by atoms with Gasteiger partial charge in [-0.05, 0) is 36.1 Å². The molecule has 2 aromatic carbocycles. The minimum absolute atomic E-state index is 0.338. The van der Waals surface area contributed by atoms with Crippen molar-refractivity contribution in [3.63, 3.8) is 0 Å².